The Morgan fingerprint density at radius 3 is 2.59 bits per heavy atom. The van der Waals surface area contributed by atoms with Gasteiger partial charge in [-0.3, -0.25) is 9.69 Å². The summed E-state index contributed by atoms with van der Waals surface area (Å²) >= 11 is 0. The number of tetrazole rings is 1. The molecular formula is C24H25N7O3. The number of hydrogen-bond donors (Lipinski definition) is 1. The summed E-state index contributed by atoms with van der Waals surface area (Å²) in [5.74, 6) is 1.97. The summed E-state index contributed by atoms with van der Waals surface area (Å²) in [6, 6.07) is 15.3. The van der Waals surface area contributed by atoms with Gasteiger partial charge in [0.1, 0.15) is 6.04 Å². The molecule has 174 valence electrons. The normalized spacial score (nSPS) is 17.3. The molecule has 0 spiro atoms. The molecular weight excluding hydrogens is 434 g/mol. The van der Waals surface area contributed by atoms with Gasteiger partial charge in [-0.15, -0.1) is 5.10 Å². The van der Waals surface area contributed by atoms with E-state index in [-0.39, 0.29) is 18.4 Å². The molecule has 0 saturated carbocycles. The molecule has 0 amide bonds. The highest BCUT2D eigenvalue weighted by atomic mass is 16.7. The van der Waals surface area contributed by atoms with Gasteiger partial charge in [0.25, 0.3) is 5.56 Å². The molecule has 6 rings (SSSR count). The third kappa shape index (κ3) is 3.80. The van der Waals surface area contributed by atoms with Crippen molar-refractivity contribution in [2.75, 3.05) is 40.0 Å². The molecule has 0 aliphatic carbocycles. The number of rotatable bonds is 5. The van der Waals surface area contributed by atoms with Gasteiger partial charge in [0.2, 0.25) is 6.79 Å². The van der Waals surface area contributed by atoms with Crippen LogP contribution < -0.4 is 15.0 Å². The number of nitrogens with zero attached hydrogens (tertiary/aromatic N) is 6. The SMILES string of the molecule is CN1CCN([C@H](c2cc3cc4c(cc3[nH]c2=O)OCO4)c2nnnn2Cc2ccccc2)CC1. The van der Waals surface area contributed by atoms with E-state index in [0.29, 0.717) is 34.9 Å². The standard InChI is InChI=1S/C24H25N7O3/c1-29-7-9-30(10-8-29)22(23-26-27-28-31(23)14-16-5-3-2-4-6-16)18-11-17-12-20-21(34-15-33-20)13-19(17)25-24(18)32/h2-6,11-13,22H,7-10,14-15H2,1H3,(H,25,32)/t22-/m1/s1. The molecule has 2 aliphatic rings. The predicted molar refractivity (Wildman–Crippen MR) is 125 cm³/mol. The lowest BCUT2D eigenvalue weighted by atomic mass is 10.0. The number of benzene rings is 2. The molecule has 4 aromatic rings. The molecule has 0 radical (unpaired) electrons. The molecule has 0 bridgehead atoms. The maximum Gasteiger partial charge on any atom is 0.253 e. The van der Waals surface area contributed by atoms with Gasteiger partial charge in [-0.2, -0.15) is 0 Å². The van der Waals surface area contributed by atoms with Gasteiger partial charge < -0.3 is 19.4 Å². The van der Waals surface area contributed by atoms with Crippen molar-refractivity contribution in [1.82, 2.24) is 35.0 Å². The predicted octanol–water partition coefficient (Wildman–Crippen LogP) is 1.63. The summed E-state index contributed by atoms with van der Waals surface area (Å²) in [5, 5.41) is 13.6. The van der Waals surface area contributed by atoms with Gasteiger partial charge in [0.05, 0.1) is 12.1 Å². The van der Waals surface area contributed by atoms with E-state index in [4.69, 9.17) is 9.47 Å². The fourth-order valence-corrected chi connectivity index (χ4v) is 4.67. The number of hydrogen-bond acceptors (Lipinski definition) is 8. The Balaban J connectivity index is 1.46. The Hall–Kier alpha value is -3.76. The smallest absolute Gasteiger partial charge is 0.253 e. The molecule has 34 heavy (non-hydrogen) atoms. The zero-order valence-corrected chi connectivity index (χ0v) is 18.8. The summed E-state index contributed by atoms with van der Waals surface area (Å²) < 4.78 is 12.8. The highest BCUT2D eigenvalue weighted by Crippen LogP contribution is 2.36. The second kappa shape index (κ2) is 8.54. The van der Waals surface area contributed by atoms with E-state index in [1.807, 2.05) is 48.5 Å². The van der Waals surface area contributed by atoms with Gasteiger partial charge in [0, 0.05) is 43.2 Å². The highest BCUT2D eigenvalue weighted by molar-refractivity contribution is 5.83. The molecule has 2 aliphatic heterocycles. The van der Waals surface area contributed by atoms with Crippen molar-refractivity contribution in [3.8, 4) is 11.5 Å². The van der Waals surface area contributed by atoms with E-state index in [1.54, 1.807) is 4.68 Å². The first-order valence-electron chi connectivity index (χ1n) is 11.3. The molecule has 10 nitrogen and oxygen atoms in total. The molecule has 10 heteroatoms. The maximum absolute atomic E-state index is 13.4. The zero-order chi connectivity index (χ0) is 23.1. The van der Waals surface area contributed by atoms with Crippen LogP contribution in [-0.2, 0) is 6.54 Å². The number of fused-ring (bicyclic) bond motifs is 2. The number of H-pyrrole nitrogens is 1. The second-order valence-corrected chi connectivity index (χ2v) is 8.77. The van der Waals surface area contributed by atoms with Gasteiger partial charge >= 0.3 is 0 Å². The van der Waals surface area contributed by atoms with Crippen molar-refractivity contribution >= 4 is 10.9 Å². The highest BCUT2D eigenvalue weighted by Gasteiger charge is 2.32. The average Bonchev–Trinajstić information content (AvgIpc) is 3.49. The Bertz CT molecular complexity index is 1380. The summed E-state index contributed by atoms with van der Waals surface area (Å²) in [6.07, 6.45) is 0. The topological polar surface area (TPSA) is 101 Å². The molecule has 0 unspecified atom stereocenters. The van der Waals surface area contributed by atoms with E-state index < -0.39 is 0 Å². The Labute approximate surface area is 195 Å². The molecule has 1 atom stereocenters. The first-order valence-corrected chi connectivity index (χ1v) is 11.3. The lowest BCUT2D eigenvalue weighted by Crippen LogP contribution is -2.47. The third-order valence-corrected chi connectivity index (χ3v) is 6.54. The molecule has 1 fully saturated rings. The number of aromatic amines is 1. The quantitative estimate of drug-likeness (QED) is 0.481. The van der Waals surface area contributed by atoms with Crippen molar-refractivity contribution < 1.29 is 9.47 Å². The monoisotopic (exact) mass is 459 g/mol. The van der Waals surface area contributed by atoms with Crippen LogP contribution in [0.2, 0.25) is 0 Å². The first kappa shape index (κ1) is 20.8. The Morgan fingerprint density at radius 2 is 1.79 bits per heavy atom. The van der Waals surface area contributed by atoms with Gasteiger partial charge in [-0.1, -0.05) is 30.3 Å². The Kier molecular flexibility index (Phi) is 5.23. The van der Waals surface area contributed by atoms with E-state index in [0.717, 1.165) is 37.1 Å². The van der Waals surface area contributed by atoms with Crippen molar-refractivity contribution in [3.63, 3.8) is 0 Å². The summed E-state index contributed by atoms with van der Waals surface area (Å²) in [6.45, 7) is 4.12. The maximum atomic E-state index is 13.4. The minimum absolute atomic E-state index is 0.162. The number of ether oxygens (including phenoxy) is 2. The lowest BCUT2D eigenvalue weighted by molar-refractivity contribution is 0.121. The van der Waals surface area contributed by atoms with Gasteiger partial charge in [0.15, 0.2) is 17.3 Å². The van der Waals surface area contributed by atoms with Crippen LogP contribution in [0.3, 0.4) is 0 Å². The summed E-state index contributed by atoms with van der Waals surface area (Å²) in [4.78, 5) is 21.0. The van der Waals surface area contributed by atoms with Crippen molar-refractivity contribution in [3.05, 3.63) is 75.8 Å². The largest absolute Gasteiger partial charge is 0.454 e. The molecule has 1 saturated heterocycles. The second-order valence-electron chi connectivity index (χ2n) is 8.77. The van der Waals surface area contributed by atoms with Crippen LogP contribution in [0.25, 0.3) is 10.9 Å². The minimum atomic E-state index is -0.383. The van der Waals surface area contributed by atoms with Crippen molar-refractivity contribution in [2.45, 2.75) is 12.6 Å². The molecule has 2 aromatic carbocycles. The average molecular weight is 460 g/mol. The number of pyridine rings is 1. The van der Waals surface area contributed by atoms with Crippen molar-refractivity contribution in [1.29, 1.82) is 0 Å². The lowest BCUT2D eigenvalue weighted by Gasteiger charge is -2.37. The van der Waals surface area contributed by atoms with E-state index in [2.05, 4.69) is 37.4 Å². The van der Waals surface area contributed by atoms with E-state index >= 15 is 0 Å². The molecule has 1 N–H and O–H groups in total. The number of piperazine rings is 1. The van der Waals surface area contributed by atoms with Crippen LogP contribution in [0.1, 0.15) is 23.0 Å². The summed E-state index contributed by atoms with van der Waals surface area (Å²) in [5.41, 5.74) is 2.25. The summed E-state index contributed by atoms with van der Waals surface area (Å²) in [7, 11) is 2.11. The first-order chi connectivity index (χ1) is 16.7. The van der Waals surface area contributed by atoms with E-state index in [1.165, 1.54) is 0 Å². The van der Waals surface area contributed by atoms with Gasteiger partial charge in [-0.25, -0.2) is 4.68 Å². The van der Waals surface area contributed by atoms with Gasteiger partial charge in [-0.05, 0) is 35.2 Å². The number of nitrogens with one attached hydrogen (secondary N) is 1. The van der Waals surface area contributed by atoms with Crippen LogP contribution in [-0.4, -0.2) is 75.0 Å². The molecule has 2 aromatic heterocycles. The number of aromatic nitrogens is 5. The fourth-order valence-electron chi connectivity index (χ4n) is 4.67. The van der Waals surface area contributed by atoms with Crippen LogP contribution in [0.15, 0.2) is 53.3 Å². The van der Waals surface area contributed by atoms with Crippen LogP contribution in [0.4, 0.5) is 0 Å². The Morgan fingerprint density at radius 1 is 1.03 bits per heavy atom. The fraction of sp³-hybridized carbons (Fsp3) is 0.333. The third-order valence-electron chi connectivity index (χ3n) is 6.54. The molecule has 4 heterocycles. The minimum Gasteiger partial charge on any atom is -0.454 e. The van der Waals surface area contributed by atoms with Crippen LogP contribution in [0.5, 0.6) is 11.5 Å². The van der Waals surface area contributed by atoms with E-state index in [9.17, 15) is 4.79 Å². The van der Waals surface area contributed by atoms with Crippen molar-refractivity contribution in [2.24, 2.45) is 0 Å². The zero-order valence-electron chi connectivity index (χ0n) is 18.8. The van der Waals surface area contributed by atoms with Crippen LogP contribution >= 0.6 is 0 Å². The van der Waals surface area contributed by atoms with Crippen LogP contribution in [0, 0.1) is 0 Å². The number of likely N-dealkylation sites (N-methyl/N-ethyl adjacent to an activating group) is 1.